The van der Waals surface area contributed by atoms with Crippen molar-refractivity contribution in [2.45, 2.75) is 6.92 Å². The number of imidazole rings is 1. The molecule has 2 aromatic rings. The van der Waals surface area contributed by atoms with Crippen LogP contribution in [0.25, 0.3) is 11.0 Å². The molecule has 0 aliphatic carbocycles. The molecular weight excluding hydrogens is 194 g/mol. The van der Waals surface area contributed by atoms with Crippen LogP contribution in [0.1, 0.15) is 16.2 Å². The molecule has 1 heterocycles. The predicted octanol–water partition coefficient (Wildman–Crippen LogP) is 1.16. The first kappa shape index (κ1) is 9.51. The van der Waals surface area contributed by atoms with Crippen LogP contribution < -0.4 is 5.73 Å². The van der Waals surface area contributed by atoms with Crippen LogP contribution in [0.5, 0.6) is 0 Å². The molecule has 0 atom stereocenters. The number of carboxylic acids is 1. The van der Waals surface area contributed by atoms with Gasteiger partial charge >= 0.3 is 5.97 Å². The molecule has 3 N–H and O–H groups in total. The Kier molecular flexibility index (Phi) is 1.89. The molecule has 0 unspecified atom stereocenters. The number of rotatable bonds is 1. The predicted molar refractivity (Wildman–Crippen MR) is 56.8 cm³/mol. The van der Waals surface area contributed by atoms with E-state index >= 15 is 0 Å². The number of carboxylic acid groups (broad SMARTS) is 1. The molecule has 5 heteroatoms. The highest BCUT2D eigenvalue weighted by Gasteiger charge is 2.12. The largest absolute Gasteiger partial charge is 0.478 e. The molecule has 0 radical (unpaired) electrons. The Hall–Kier alpha value is -2.04. The number of fused-ring (bicyclic) bond motifs is 1. The van der Waals surface area contributed by atoms with Gasteiger partial charge in [-0.25, -0.2) is 9.78 Å². The Morgan fingerprint density at radius 1 is 1.53 bits per heavy atom. The van der Waals surface area contributed by atoms with Gasteiger partial charge in [0, 0.05) is 7.05 Å². The third-order valence-corrected chi connectivity index (χ3v) is 2.49. The summed E-state index contributed by atoms with van der Waals surface area (Å²) in [7, 11) is 1.83. The van der Waals surface area contributed by atoms with E-state index in [0.29, 0.717) is 11.2 Å². The maximum atomic E-state index is 10.8. The lowest BCUT2D eigenvalue weighted by Crippen LogP contribution is -1.99. The van der Waals surface area contributed by atoms with Crippen molar-refractivity contribution in [3.05, 3.63) is 23.5 Å². The molecule has 15 heavy (non-hydrogen) atoms. The summed E-state index contributed by atoms with van der Waals surface area (Å²) in [6, 6.07) is 3.01. The number of aromatic carboxylic acids is 1. The Morgan fingerprint density at radius 3 is 2.80 bits per heavy atom. The van der Waals surface area contributed by atoms with Gasteiger partial charge in [0.2, 0.25) is 0 Å². The number of aryl methyl sites for hydroxylation is 2. The zero-order valence-electron chi connectivity index (χ0n) is 8.48. The topological polar surface area (TPSA) is 81.1 Å². The molecule has 0 spiro atoms. The van der Waals surface area contributed by atoms with Crippen molar-refractivity contribution in [3.8, 4) is 0 Å². The van der Waals surface area contributed by atoms with E-state index in [0.717, 1.165) is 11.3 Å². The van der Waals surface area contributed by atoms with E-state index in [9.17, 15) is 4.79 Å². The molecule has 0 saturated heterocycles. The van der Waals surface area contributed by atoms with Crippen LogP contribution in [0, 0.1) is 6.92 Å². The van der Waals surface area contributed by atoms with Crippen molar-refractivity contribution in [2.75, 3.05) is 5.73 Å². The monoisotopic (exact) mass is 205 g/mol. The minimum atomic E-state index is -0.984. The fraction of sp³-hybridized carbons (Fsp3) is 0.200. The first-order chi connectivity index (χ1) is 7.00. The number of nitrogens with zero attached hydrogens (tertiary/aromatic N) is 2. The van der Waals surface area contributed by atoms with Gasteiger partial charge in [0.05, 0.1) is 16.8 Å². The van der Waals surface area contributed by atoms with E-state index in [1.54, 1.807) is 6.07 Å². The summed E-state index contributed by atoms with van der Waals surface area (Å²) in [6.07, 6.45) is 0. The van der Waals surface area contributed by atoms with Gasteiger partial charge in [0.25, 0.3) is 0 Å². The minimum Gasteiger partial charge on any atom is -0.478 e. The number of hydrogen-bond donors (Lipinski definition) is 2. The molecule has 0 fully saturated rings. The minimum absolute atomic E-state index is 0.183. The molecule has 0 saturated carbocycles. The van der Waals surface area contributed by atoms with Crippen LogP contribution in [-0.2, 0) is 7.05 Å². The first-order valence-electron chi connectivity index (χ1n) is 4.46. The molecule has 2 rings (SSSR count). The van der Waals surface area contributed by atoms with Gasteiger partial charge in [-0.05, 0) is 19.1 Å². The Bertz CT molecular complexity index is 557. The molecule has 0 amide bonds. The van der Waals surface area contributed by atoms with Gasteiger partial charge in [-0.2, -0.15) is 0 Å². The lowest BCUT2D eigenvalue weighted by atomic mass is 10.1. The van der Waals surface area contributed by atoms with Crippen molar-refractivity contribution in [2.24, 2.45) is 7.05 Å². The average Bonchev–Trinajstić information content (AvgIpc) is 2.45. The molecule has 78 valence electrons. The van der Waals surface area contributed by atoms with E-state index < -0.39 is 5.97 Å². The Morgan fingerprint density at radius 2 is 2.20 bits per heavy atom. The van der Waals surface area contributed by atoms with E-state index in [1.807, 2.05) is 18.5 Å². The highest BCUT2D eigenvalue weighted by atomic mass is 16.4. The Balaban J connectivity index is 2.85. The van der Waals surface area contributed by atoms with Gasteiger partial charge in [-0.15, -0.1) is 0 Å². The molecule has 1 aromatic carbocycles. The van der Waals surface area contributed by atoms with Gasteiger partial charge in [-0.1, -0.05) is 0 Å². The highest BCUT2D eigenvalue weighted by molar-refractivity contribution is 5.97. The number of hydrogen-bond acceptors (Lipinski definition) is 3. The third-order valence-electron chi connectivity index (χ3n) is 2.49. The normalized spacial score (nSPS) is 10.8. The lowest BCUT2D eigenvalue weighted by molar-refractivity contribution is 0.0697. The fourth-order valence-corrected chi connectivity index (χ4v) is 1.55. The summed E-state index contributed by atoms with van der Waals surface area (Å²) in [4.78, 5) is 15.1. The van der Waals surface area contributed by atoms with Crippen molar-refractivity contribution >= 4 is 22.7 Å². The van der Waals surface area contributed by atoms with Crippen molar-refractivity contribution in [3.63, 3.8) is 0 Å². The van der Waals surface area contributed by atoms with Crippen LogP contribution in [0.3, 0.4) is 0 Å². The first-order valence-corrected chi connectivity index (χ1v) is 4.46. The summed E-state index contributed by atoms with van der Waals surface area (Å²) < 4.78 is 1.82. The van der Waals surface area contributed by atoms with Crippen LogP contribution in [0.15, 0.2) is 12.1 Å². The van der Waals surface area contributed by atoms with Crippen LogP contribution in [0.2, 0.25) is 0 Å². The van der Waals surface area contributed by atoms with Gasteiger partial charge in [0.1, 0.15) is 11.3 Å². The van der Waals surface area contributed by atoms with Gasteiger partial charge < -0.3 is 15.4 Å². The summed E-state index contributed by atoms with van der Waals surface area (Å²) in [5.41, 5.74) is 7.71. The number of nitrogens with two attached hydrogens (primary N) is 1. The summed E-state index contributed by atoms with van der Waals surface area (Å²) in [5, 5.41) is 8.88. The number of carbonyl (C=O) groups is 1. The SMILES string of the molecule is Cc1nc2c(N)cc(C(=O)O)cc2n1C. The second-order valence-electron chi connectivity index (χ2n) is 3.46. The van der Waals surface area contributed by atoms with Crippen LogP contribution in [0.4, 0.5) is 5.69 Å². The highest BCUT2D eigenvalue weighted by Crippen LogP contribution is 2.23. The number of aromatic nitrogens is 2. The van der Waals surface area contributed by atoms with Crippen LogP contribution in [-0.4, -0.2) is 20.6 Å². The molecule has 0 aliphatic heterocycles. The second-order valence-corrected chi connectivity index (χ2v) is 3.46. The van der Waals surface area contributed by atoms with Gasteiger partial charge in [0.15, 0.2) is 0 Å². The molecule has 1 aromatic heterocycles. The maximum Gasteiger partial charge on any atom is 0.335 e. The second kappa shape index (κ2) is 2.98. The Labute approximate surface area is 86.1 Å². The van der Waals surface area contributed by atoms with Crippen LogP contribution >= 0.6 is 0 Å². The summed E-state index contributed by atoms with van der Waals surface area (Å²) in [6.45, 7) is 1.85. The summed E-state index contributed by atoms with van der Waals surface area (Å²) in [5.74, 6) is -0.179. The van der Waals surface area contributed by atoms with Gasteiger partial charge in [-0.3, -0.25) is 0 Å². The fourth-order valence-electron chi connectivity index (χ4n) is 1.55. The average molecular weight is 205 g/mol. The number of nitrogen functional groups attached to an aromatic ring is 1. The van der Waals surface area contributed by atoms with Crippen molar-refractivity contribution < 1.29 is 9.90 Å². The molecule has 5 nitrogen and oxygen atoms in total. The van der Waals surface area contributed by atoms with E-state index in [1.165, 1.54) is 6.07 Å². The molecular formula is C10H11N3O2. The van der Waals surface area contributed by atoms with E-state index in [2.05, 4.69) is 4.98 Å². The quantitative estimate of drug-likeness (QED) is 0.684. The standard InChI is InChI=1S/C10H11N3O2/c1-5-12-9-7(11)3-6(10(14)15)4-8(9)13(5)2/h3-4H,11H2,1-2H3,(H,14,15). The van der Waals surface area contributed by atoms with E-state index in [-0.39, 0.29) is 5.56 Å². The van der Waals surface area contributed by atoms with E-state index in [4.69, 9.17) is 10.8 Å². The van der Waals surface area contributed by atoms with Crippen molar-refractivity contribution in [1.29, 1.82) is 0 Å². The smallest absolute Gasteiger partial charge is 0.335 e. The third kappa shape index (κ3) is 1.32. The maximum absolute atomic E-state index is 10.8. The summed E-state index contributed by atoms with van der Waals surface area (Å²) >= 11 is 0. The number of anilines is 1. The lowest BCUT2D eigenvalue weighted by Gasteiger charge is -2.00. The molecule has 0 aliphatic rings. The zero-order valence-corrected chi connectivity index (χ0v) is 8.48. The number of benzene rings is 1. The van der Waals surface area contributed by atoms with Crippen molar-refractivity contribution in [1.82, 2.24) is 9.55 Å². The molecule has 0 bridgehead atoms. The zero-order chi connectivity index (χ0) is 11.2.